The number of carbonyl (C=O) groups is 2. The maximum Gasteiger partial charge on any atom is 0.471 e. The first-order chi connectivity index (χ1) is 8.68. The molecule has 1 rings (SSSR count). The van der Waals surface area contributed by atoms with E-state index in [1.165, 1.54) is 0 Å². The number of hydrogen-bond donors (Lipinski definition) is 0. The SMILES string of the molecule is CCC(C)OC(=O)[C@@H]1[C@@H](C)CCN1C(=O)C(F)(F)F. The molecule has 0 N–H and O–H groups in total. The van der Waals surface area contributed by atoms with Gasteiger partial charge in [0.1, 0.15) is 6.04 Å². The second-order valence-corrected chi connectivity index (χ2v) is 4.86. The minimum atomic E-state index is -4.96. The molecule has 0 bridgehead atoms. The van der Waals surface area contributed by atoms with Gasteiger partial charge in [0.05, 0.1) is 6.10 Å². The monoisotopic (exact) mass is 281 g/mol. The first kappa shape index (κ1) is 15.8. The summed E-state index contributed by atoms with van der Waals surface area (Å²) >= 11 is 0. The van der Waals surface area contributed by atoms with Crippen molar-refractivity contribution in [1.82, 2.24) is 4.90 Å². The summed E-state index contributed by atoms with van der Waals surface area (Å²) in [5, 5.41) is 0. The molecule has 0 aliphatic carbocycles. The van der Waals surface area contributed by atoms with Gasteiger partial charge >= 0.3 is 18.1 Å². The lowest BCUT2D eigenvalue weighted by atomic mass is 10.0. The minimum Gasteiger partial charge on any atom is -0.461 e. The quantitative estimate of drug-likeness (QED) is 0.744. The van der Waals surface area contributed by atoms with Crippen molar-refractivity contribution >= 4 is 11.9 Å². The molecule has 1 heterocycles. The second kappa shape index (κ2) is 5.79. The number of alkyl halides is 3. The lowest BCUT2D eigenvalue weighted by Crippen LogP contribution is -2.49. The van der Waals surface area contributed by atoms with Crippen molar-refractivity contribution in [3.63, 3.8) is 0 Å². The third-order valence-corrected chi connectivity index (χ3v) is 3.34. The molecule has 1 aliphatic rings. The fraction of sp³-hybridized carbons (Fsp3) is 0.833. The van der Waals surface area contributed by atoms with E-state index in [1.54, 1.807) is 20.8 Å². The summed E-state index contributed by atoms with van der Waals surface area (Å²) in [5.41, 5.74) is 0. The Bertz CT molecular complexity index is 357. The van der Waals surface area contributed by atoms with Crippen LogP contribution in [0.5, 0.6) is 0 Å². The molecule has 4 nitrogen and oxygen atoms in total. The standard InChI is InChI=1S/C12H18F3NO3/c1-4-8(3)19-10(17)9-7(2)5-6-16(9)11(18)12(13,14)15/h7-9H,4-6H2,1-3H3/t7-,8?,9-/m0/s1. The molecule has 0 aromatic rings. The largest absolute Gasteiger partial charge is 0.471 e. The molecule has 0 aromatic carbocycles. The first-order valence-corrected chi connectivity index (χ1v) is 6.26. The maximum absolute atomic E-state index is 12.5. The number of likely N-dealkylation sites (tertiary alicyclic amines) is 1. The third kappa shape index (κ3) is 3.61. The number of ether oxygens (including phenoxy) is 1. The number of rotatable bonds is 3. The summed E-state index contributed by atoms with van der Waals surface area (Å²) in [4.78, 5) is 23.7. The molecule has 0 radical (unpaired) electrons. The fourth-order valence-corrected chi connectivity index (χ4v) is 2.05. The molecule has 19 heavy (non-hydrogen) atoms. The average molecular weight is 281 g/mol. The van der Waals surface area contributed by atoms with Crippen molar-refractivity contribution in [3.05, 3.63) is 0 Å². The Morgan fingerprint density at radius 3 is 2.47 bits per heavy atom. The molecule has 1 aliphatic heterocycles. The van der Waals surface area contributed by atoms with E-state index in [1.807, 2.05) is 0 Å². The molecule has 7 heteroatoms. The van der Waals surface area contributed by atoms with E-state index in [0.717, 1.165) is 0 Å². The van der Waals surface area contributed by atoms with Crippen molar-refractivity contribution in [2.75, 3.05) is 6.54 Å². The van der Waals surface area contributed by atoms with E-state index < -0.39 is 24.1 Å². The molecule has 110 valence electrons. The second-order valence-electron chi connectivity index (χ2n) is 4.86. The summed E-state index contributed by atoms with van der Waals surface area (Å²) in [5.74, 6) is -3.05. The highest BCUT2D eigenvalue weighted by Crippen LogP contribution is 2.30. The Balaban J connectivity index is 2.83. The molecule has 0 spiro atoms. The Morgan fingerprint density at radius 1 is 1.42 bits per heavy atom. The zero-order valence-corrected chi connectivity index (χ0v) is 11.2. The Morgan fingerprint density at radius 2 is 2.00 bits per heavy atom. The van der Waals surface area contributed by atoms with Gasteiger partial charge in [-0.1, -0.05) is 13.8 Å². The number of hydrogen-bond acceptors (Lipinski definition) is 3. The lowest BCUT2D eigenvalue weighted by Gasteiger charge is -2.27. The van der Waals surface area contributed by atoms with Crippen LogP contribution in [0.2, 0.25) is 0 Å². The van der Waals surface area contributed by atoms with E-state index in [2.05, 4.69) is 0 Å². The topological polar surface area (TPSA) is 46.6 Å². The van der Waals surface area contributed by atoms with E-state index in [4.69, 9.17) is 4.74 Å². The zero-order valence-electron chi connectivity index (χ0n) is 11.2. The highest BCUT2D eigenvalue weighted by Gasteiger charge is 2.50. The Hall–Kier alpha value is -1.27. The van der Waals surface area contributed by atoms with Gasteiger partial charge in [0.2, 0.25) is 0 Å². The van der Waals surface area contributed by atoms with Crippen molar-refractivity contribution in [1.29, 1.82) is 0 Å². The Labute approximate surface area is 109 Å². The summed E-state index contributed by atoms with van der Waals surface area (Å²) in [6, 6.07) is -1.14. The van der Waals surface area contributed by atoms with Gasteiger partial charge in [-0.05, 0) is 25.7 Å². The van der Waals surface area contributed by atoms with E-state index in [0.29, 0.717) is 17.7 Å². The van der Waals surface area contributed by atoms with Gasteiger partial charge in [-0.2, -0.15) is 13.2 Å². The van der Waals surface area contributed by atoms with Gasteiger partial charge in [-0.15, -0.1) is 0 Å². The van der Waals surface area contributed by atoms with Crippen LogP contribution in [0.25, 0.3) is 0 Å². The van der Waals surface area contributed by atoms with Crippen LogP contribution in [0.4, 0.5) is 13.2 Å². The first-order valence-electron chi connectivity index (χ1n) is 6.26. The molecular formula is C12H18F3NO3. The van der Waals surface area contributed by atoms with Crippen LogP contribution in [0.3, 0.4) is 0 Å². The van der Waals surface area contributed by atoms with Gasteiger partial charge in [-0.25, -0.2) is 4.79 Å². The molecule has 1 saturated heterocycles. The third-order valence-electron chi connectivity index (χ3n) is 3.34. The van der Waals surface area contributed by atoms with E-state index in [-0.39, 0.29) is 18.6 Å². The number of amides is 1. The average Bonchev–Trinajstić information content (AvgIpc) is 2.68. The zero-order chi connectivity index (χ0) is 14.8. The van der Waals surface area contributed by atoms with Crippen LogP contribution < -0.4 is 0 Å². The lowest BCUT2D eigenvalue weighted by molar-refractivity contribution is -0.189. The van der Waals surface area contributed by atoms with E-state index >= 15 is 0 Å². The van der Waals surface area contributed by atoms with Crippen LogP contribution in [0.15, 0.2) is 0 Å². The van der Waals surface area contributed by atoms with Crippen LogP contribution >= 0.6 is 0 Å². The molecule has 0 aromatic heterocycles. The molecular weight excluding hydrogens is 263 g/mol. The molecule has 1 unspecified atom stereocenters. The Kier molecular flexibility index (Phi) is 4.81. The van der Waals surface area contributed by atoms with Gasteiger partial charge < -0.3 is 9.64 Å². The predicted octanol–water partition coefficient (Wildman–Crippen LogP) is 2.13. The highest BCUT2D eigenvalue weighted by atomic mass is 19.4. The van der Waals surface area contributed by atoms with Gasteiger partial charge in [0.15, 0.2) is 0 Å². The van der Waals surface area contributed by atoms with Crippen molar-refractivity contribution < 1.29 is 27.5 Å². The van der Waals surface area contributed by atoms with Gasteiger partial charge in [0.25, 0.3) is 0 Å². The number of nitrogens with zero attached hydrogens (tertiary/aromatic N) is 1. The number of halogens is 3. The van der Waals surface area contributed by atoms with Gasteiger partial charge in [-0.3, -0.25) is 4.79 Å². The fourth-order valence-electron chi connectivity index (χ4n) is 2.05. The van der Waals surface area contributed by atoms with Crippen LogP contribution in [-0.4, -0.2) is 41.6 Å². The summed E-state index contributed by atoms with van der Waals surface area (Å²) in [6.45, 7) is 5.04. The predicted molar refractivity (Wildman–Crippen MR) is 61.2 cm³/mol. The highest BCUT2D eigenvalue weighted by molar-refractivity contribution is 5.88. The minimum absolute atomic E-state index is 0.0697. The molecule has 0 saturated carbocycles. The van der Waals surface area contributed by atoms with Gasteiger partial charge in [0, 0.05) is 6.54 Å². The molecule has 3 atom stereocenters. The summed E-state index contributed by atoms with van der Waals surface area (Å²) in [6.07, 6.45) is -4.40. The van der Waals surface area contributed by atoms with Crippen molar-refractivity contribution in [2.24, 2.45) is 5.92 Å². The molecule has 1 amide bonds. The smallest absolute Gasteiger partial charge is 0.461 e. The van der Waals surface area contributed by atoms with Crippen LogP contribution in [0, 0.1) is 5.92 Å². The summed E-state index contributed by atoms with van der Waals surface area (Å²) in [7, 11) is 0. The van der Waals surface area contributed by atoms with Crippen molar-refractivity contribution in [2.45, 2.75) is 51.9 Å². The maximum atomic E-state index is 12.5. The summed E-state index contributed by atoms with van der Waals surface area (Å²) < 4.78 is 42.4. The number of esters is 1. The van der Waals surface area contributed by atoms with Crippen LogP contribution in [0.1, 0.15) is 33.6 Å². The molecule has 1 fully saturated rings. The van der Waals surface area contributed by atoms with Crippen molar-refractivity contribution in [3.8, 4) is 0 Å². The number of carbonyl (C=O) groups excluding carboxylic acids is 2. The van der Waals surface area contributed by atoms with E-state index in [9.17, 15) is 22.8 Å². The normalized spacial score (nSPS) is 25.3. The van der Waals surface area contributed by atoms with Crippen LogP contribution in [-0.2, 0) is 14.3 Å².